The van der Waals surface area contributed by atoms with Crippen molar-refractivity contribution in [3.8, 4) is 11.6 Å². The maximum atomic E-state index is 9.75. The van der Waals surface area contributed by atoms with Gasteiger partial charge in [-0.1, -0.05) is 18.2 Å². The molecule has 2 rings (SSSR count). The van der Waals surface area contributed by atoms with Gasteiger partial charge in [0.05, 0.1) is 0 Å². The Morgan fingerprint density at radius 2 is 1.94 bits per heavy atom. The van der Waals surface area contributed by atoms with E-state index in [4.69, 9.17) is 5.11 Å². The van der Waals surface area contributed by atoms with E-state index in [0.29, 0.717) is 12.2 Å². The predicted octanol–water partition coefficient (Wildman–Crippen LogP) is 1.42. The van der Waals surface area contributed by atoms with Gasteiger partial charge >= 0.3 is 29.6 Å². The fourth-order valence-electron chi connectivity index (χ4n) is 0.761. The molecule has 0 aliphatic carbocycles. The van der Waals surface area contributed by atoms with Crippen molar-refractivity contribution in [2.24, 2.45) is 0 Å². The molecule has 0 radical (unpaired) electrons. The van der Waals surface area contributed by atoms with E-state index in [2.05, 4.69) is 9.11 Å². The van der Waals surface area contributed by atoms with Crippen molar-refractivity contribution in [1.29, 1.82) is 0 Å². The molecule has 1 aromatic heterocycles. The van der Waals surface area contributed by atoms with Crippen LogP contribution in [0.15, 0.2) is 41.8 Å². The molecule has 2 aromatic rings. The van der Waals surface area contributed by atoms with Crippen LogP contribution in [0.25, 0.3) is 0 Å². The molecule has 1 N–H and O–H groups in total. The average Bonchev–Trinajstić information content (AvgIpc) is 2.72. The summed E-state index contributed by atoms with van der Waals surface area (Å²) in [5, 5.41) is 10.1. The van der Waals surface area contributed by atoms with E-state index in [9.17, 15) is 4.79 Å². The second-order valence-electron chi connectivity index (χ2n) is 2.38. The molecule has 1 aromatic carbocycles. The molecule has 1 heterocycles. The molecule has 16 heavy (non-hydrogen) atoms. The topological polar surface area (TPSA) is 59.4 Å². The number of nitrogens with zero attached hydrogens (tertiary/aromatic N) is 1. The summed E-state index contributed by atoms with van der Waals surface area (Å²) in [5.41, 5.74) is 0. The van der Waals surface area contributed by atoms with Crippen molar-refractivity contribution in [2.75, 3.05) is 0 Å². The number of carbonyl (C=O) groups is 1. The molecule has 0 unspecified atom stereocenters. The zero-order chi connectivity index (χ0) is 10.9. The number of ether oxygens (including phenoxy) is 1. The number of hydrogen-bond acceptors (Lipinski definition) is 5. The molecule has 6 heteroatoms. The van der Waals surface area contributed by atoms with E-state index in [0.717, 1.165) is 0 Å². The Balaban J connectivity index is 0.000000283. The van der Waals surface area contributed by atoms with Gasteiger partial charge in [-0.3, -0.25) is 4.79 Å². The molecule has 0 fully saturated rings. The third kappa shape index (κ3) is 6.58. The van der Waals surface area contributed by atoms with Gasteiger partial charge in [-0.2, -0.15) is 4.37 Å². The Labute approximate surface area is 119 Å². The third-order valence-corrected chi connectivity index (χ3v) is 1.90. The molecule has 0 aliphatic rings. The number of hydrogen-bond donors (Lipinski definition) is 1. The first kappa shape index (κ1) is 15.1. The van der Waals surface area contributed by atoms with Crippen LogP contribution in [-0.2, 0) is 4.79 Å². The van der Waals surface area contributed by atoms with E-state index in [1.54, 1.807) is 35.7 Å². The van der Waals surface area contributed by atoms with Crippen LogP contribution in [0.4, 0.5) is 0 Å². The maximum absolute atomic E-state index is 9.75. The summed E-state index contributed by atoms with van der Waals surface area (Å²) in [6.45, 7) is 0.412. The van der Waals surface area contributed by atoms with Crippen molar-refractivity contribution in [2.45, 2.75) is 0 Å². The molecule has 0 bridgehead atoms. The molecule has 80 valence electrons. The SMILES string of the molecule is O=COc1ccccc1.Oc1ccsn1.[NaH]. The van der Waals surface area contributed by atoms with Crippen LogP contribution in [-0.4, -0.2) is 45.5 Å². The fraction of sp³-hybridized carbons (Fsp3) is 0. The van der Waals surface area contributed by atoms with Gasteiger partial charge < -0.3 is 9.84 Å². The van der Waals surface area contributed by atoms with E-state index < -0.39 is 0 Å². The summed E-state index contributed by atoms with van der Waals surface area (Å²) >= 11 is 1.24. The van der Waals surface area contributed by atoms with Gasteiger partial charge in [-0.25, -0.2) is 0 Å². The molecule has 0 amide bonds. The number of para-hydroxylation sites is 1. The first-order chi connectivity index (χ1) is 7.33. The van der Waals surface area contributed by atoms with E-state index in [1.165, 1.54) is 11.5 Å². The Morgan fingerprint density at radius 1 is 1.25 bits per heavy atom. The molecule has 0 aliphatic heterocycles. The quantitative estimate of drug-likeness (QED) is 0.644. The van der Waals surface area contributed by atoms with Crippen LogP contribution in [0, 0.1) is 0 Å². The number of aromatic nitrogens is 1. The van der Waals surface area contributed by atoms with Crippen LogP contribution in [0.3, 0.4) is 0 Å². The standard InChI is InChI=1S/C7H6O2.C3H3NOS.Na.H/c8-6-9-7-4-2-1-3-5-7;5-3-1-2-6-4-3;;/h1-6H;1-2H,(H,4,5);;. The molecule has 0 saturated carbocycles. The van der Waals surface area contributed by atoms with Crippen LogP contribution >= 0.6 is 11.5 Å². The second kappa shape index (κ2) is 9.35. The molecule has 0 atom stereocenters. The van der Waals surface area contributed by atoms with Gasteiger partial charge in [0.15, 0.2) is 0 Å². The summed E-state index contributed by atoms with van der Waals surface area (Å²) in [6, 6.07) is 10.4. The zero-order valence-corrected chi connectivity index (χ0v) is 8.55. The van der Waals surface area contributed by atoms with E-state index in [-0.39, 0.29) is 35.4 Å². The third-order valence-electron chi connectivity index (χ3n) is 1.35. The Bertz CT molecular complexity index is 380. The number of benzene rings is 1. The first-order valence-electron chi connectivity index (χ1n) is 4.07. The zero-order valence-electron chi connectivity index (χ0n) is 7.74. The van der Waals surface area contributed by atoms with Crippen LogP contribution < -0.4 is 4.74 Å². The first-order valence-corrected chi connectivity index (χ1v) is 4.91. The summed E-state index contributed by atoms with van der Waals surface area (Å²) in [5.74, 6) is 0.688. The van der Waals surface area contributed by atoms with Gasteiger partial charge in [0.25, 0.3) is 6.47 Å². The number of carbonyl (C=O) groups excluding carboxylic acids is 1. The van der Waals surface area contributed by atoms with Crippen molar-refractivity contribution < 1.29 is 14.6 Å². The molecule has 4 nitrogen and oxygen atoms in total. The van der Waals surface area contributed by atoms with E-state index >= 15 is 0 Å². The number of rotatable bonds is 2. The van der Waals surface area contributed by atoms with Gasteiger partial charge in [-0.15, -0.1) is 0 Å². The second-order valence-corrected chi connectivity index (χ2v) is 3.05. The Hall–Kier alpha value is -0.880. The summed E-state index contributed by atoms with van der Waals surface area (Å²) < 4.78 is 8.04. The molecular formula is C10H10NNaO3S. The molecule has 0 spiro atoms. The average molecular weight is 247 g/mol. The van der Waals surface area contributed by atoms with Gasteiger partial charge in [0.2, 0.25) is 5.88 Å². The predicted molar refractivity (Wildman–Crippen MR) is 64.1 cm³/mol. The van der Waals surface area contributed by atoms with Crippen LogP contribution in [0.2, 0.25) is 0 Å². The molecule has 0 saturated heterocycles. The molecular weight excluding hydrogens is 237 g/mol. The monoisotopic (exact) mass is 247 g/mol. The van der Waals surface area contributed by atoms with Crippen molar-refractivity contribution in [3.63, 3.8) is 0 Å². The summed E-state index contributed by atoms with van der Waals surface area (Å²) in [4.78, 5) is 9.75. The van der Waals surface area contributed by atoms with Gasteiger partial charge in [0, 0.05) is 11.4 Å². The van der Waals surface area contributed by atoms with Crippen LogP contribution in [0.1, 0.15) is 0 Å². The van der Waals surface area contributed by atoms with Crippen molar-refractivity contribution in [3.05, 3.63) is 41.8 Å². The summed E-state index contributed by atoms with van der Waals surface area (Å²) in [7, 11) is 0. The van der Waals surface area contributed by atoms with Crippen molar-refractivity contribution in [1.82, 2.24) is 4.37 Å². The van der Waals surface area contributed by atoms with Gasteiger partial charge in [0.1, 0.15) is 5.75 Å². The summed E-state index contributed by atoms with van der Waals surface area (Å²) in [6.07, 6.45) is 0. The fourth-order valence-corrected chi connectivity index (χ4v) is 1.17. The Morgan fingerprint density at radius 3 is 2.31 bits per heavy atom. The Kier molecular flexibility index (Phi) is 8.84. The van der Waals surface area contributed by atoms with Crippen molar-refractivity contribution >= 4 is 47.6 Å². The minimum atomic E-state index is 0. The normalized spacial score (nSPS) is 8.00. The number of aromatic hydroxyl groups is 1. The van der Waals surface area contributed by atoms with Gasteiger partial charge in [-0.05, 0) is 23.7 Å². The van der Waals surface area contributed by atoms with Crippen LogP contribution in [0.5, 0.6) is 11.6 Å². The van der Waals surface area contributed by atoms with E-state index in [1.807, 2.05) is 6.07 Å². The minimum absolute atomic E-state index is 0.